The van der Waals surface area contributed by atoms with Crippen molar-refractivity contribution in [2.75, 3.05) is 13.2 Å². The molecule has 0 radical (unpaired) electrons. The van der Waals surface area contributed by atoms with Crippen molar-refractivity contribution in [3.63, 3.8) is 0 Å². The van der Waals surface area contributed by atoms with Gasteiger partial charge in [-0.15, -0.1) is 0 Å². The van der Waals surface area contributed by atoms with Crippen molar-refractivity contribution in [1.82, 2.24) is 10.6 Å². The van der Waals surface area contributed by atoms with Gasteiger partial charge in [0, 0.05) is 12.5 Å². The average Bonchev–Trinajstić information content (AvgIpc) is 3.14. The fraction of sp³-hybridized carbons (Fsp3) is 0.400. The van der Waals surface area contributed by atoms with Crippen molar-refractivity contribution in [3.8, 4) is 11.1 Å². The van der Waals surface area contributed by atoms with Crippen LogP contribution in [0.3, 0.4) is 0 Å². The molecule has 1 aliphatic rings. The van der Waals surface area contributed by atoms with Crippen molar-refractivity contribution in [1.29, 1.82) is 0 Å². The molecule has 7 nitrogen and oxygen atoms in total. The maximum atomic E-state index is 13.5. The summed E-state index contributed by atoms with van der Waals surface area (Å²) in [4.78, 5) is 35.7. The van der Waals surface area contributed by atoms with E-state index in [4.69, 9.17) is 4.74 Å². The second kappa shape index (κ2) is 10.4. The highest BCUT2D eigenvalue weighted by molar-refractivity contribution is 5.80. The van der Waals surface area contributed by atoms with E-state index in [0.29, 0.717) is 0 Å². The Hall–Kier alpha value is -3.56. The summed E-state index contributed by atoms with van der Waals surface area (Å²) in [6, 6.07) is 12.6. The molecule has 0 fully saturated rings. The molecule has 10 heteroatoms. The van der Waals surface area contributed by atoms with E-state index in [9.17, 15) is 32.7 Å². The minimum Gasteiger partial charge on any atom is -0.481 e. The van der Waals surface area contributed by atoms with Crippen LogP contribution in [0.4, 0.5) is 18.0 Å². The first kappa shape index (κ1) is 26.1. The molecule has 1 aliphatic carbocycles. The third-order valence-electron chi connectivity index (χ3n) is 6.39. The highest BCUT2D eigenvalue weighted by Crippen LogP contribution is 2.44. The number of hydrogen-bond donors (Lipinski definition) is 3. The standard InChI is InChI=1S/C25H27F3N2O5/c1-3-24(2,22(32)33)14-29-21(31)12-20(25(26,27)28)30-23(34)35-13-19-17-10-6-4-8-15(17)16-9-5-7-11-18(16)19/h4-11,19-20H,3,12-14H2,1-2H3,(H,29,31)(H,30,34)(H,32,33). The molecule has 0 bridgehead atoms. The predicted octanol–water partition coefficient (Wildman–Crippen LogP) is 4.46. The van der Waals surface area contributed by atoms with E-state index in [1.165, 1.54) is 6.92 Å². The molecule has 0 aliphatic heterocycles. The predicted molar refractivity (Wildman–Crippen MR) is 122 cm³/mol. The molecule has 2 aromatic carbocycles. The van der Waals surface area contributed by atoms with E-state index in [2.05, 4.69) is 5.32 Å². The Labute approximate surface area is 200 Å². The van der Waals surface area contributed by atoms with Crippen LogP contribution in [0, 0.1) is 5.41 Å². The molecule has 2 amide bonds. The number of amides is 2. The first-order valence-corrected chi connectivity index (χ1v) is 11.1. The lowest BCUT2D eigenvalue weighted by molar-refractivity contribution is -0.160. The summed E-state index contributed by atoms with van der Waals surface area (Å²) in [5, 5.41) is 13.2. The Kier molecular flexibility index (Phi) is 7.72. The number of alkyl halides is 3. The smallest absolute Gasteiger partial charge is 0.409 e. The van der Waals surface area contributed by atoms with Gasteiger partial charge in [-0.05, 0) is 35.6 Å². The van der Waals surface area contributed by atoms with Gasteiger partial charge in [0.15, 0.2) is 0 Å². The Morgan fingerprint density at radius 1 is 1.03 bits per heavy atom. The molecule has 0 spiro atoms. The zero-order valence-corrected chi connectivity index (χ0v) is 19.3. The molecule has 0 saturated carbocycles. The maximum Gasteiger partial charge on any atom is 0.409 e. The van der Waals surface area contributed by atoms with Gasteiger partial charge < -0.3 is 20.5 Å². The Morgan fingerprint density at radius 3 is 2.06 bits per heavy atom. The van der Waals surface area contributed by atoms with E-state index >= 15 is 0 Å². The first-order valence-electron chi connectivity index (χ1n) is 11.1. The molecule has 0 saturated heterocycles. The molecule has 188 valence electrons. The Morgan fingerprint density at radius 2 is 1.57 bits per heavy atom. The van der Waals surface area contributed by atoms with Gasteiger partial charge in [0.2, 0.25) is 5.91 Å². The summed E-state index contributed by atoms with van der Waals surface area (Å²) in [6.45, 7) is 2.46. The maximum absolute atomic E-state index is 13.5. The summed E-state index contributed by atoms with van der Waals surface area (Å²) in [6.07, 6.45) is -7.15. The molecule has 0 aromatic heterocycles. The molecule has 2 atom stereocenters. The highest BCUT2D eigenvalue weighted by atomic mass is 19.4. The third-order valence-corrected chi connectivity index (χ3v) is 6.39. The number of halogens is 3. The van der Waals surface area contributed by atoms with Crippen molar-refractivity contribution in [3.05, 3.63) is 59.7 Å². The lowest BCUT2D eigenvalue weighted by Gasteiger charge is -2.25. The second-order valence-corrected chi connectivity index (χ2v) is 8.76. The summed E-state index contributed by atoms with van der Waals surface area (Å²) >= 11 is 0. The summed E-state index contributed by atoms with van der Waals surface area (Å²) in [5.41, 5.74) is 2.45. The van der Waals surface area contributed by atoms with Gasteiger partial charge in [-0.1, -0.05) is 55.5 Å². The Balaban J connectivity index is 1.62. The number of rotatable bonds is 9. The number of alkyl carbamates (subject to hydrolysis) is 1. The van der Waals surface area contributed by atoms with Gasteiger partial charge in [-0.2, -0.15) is 13.2 Å². The van der Waals surface area contributed by atoms with Gasteiger partial charge in [-0.25, -0.2) is 4.79 Å². The number of hydrogen-bond acceptors (Lipinski definition) is 4. The fourth-order valence-electron chi connectivity index (χ4n) is 3.93. The number of carboxylic acids is 1. The average molecular weight is 492 g/mol. The van der Waals surface area contributed by atoms with E-state index < -0.39 is 42.0 Å². The quantitative estimate of drug-likeness (QED) is 0.479. The first-order chi connectivity index (χ1) is 16.5. The number of benzene rings is 2. The Bertz CT molecular complexity index is 1060. The zero-order valence-electron chi connectivity index (χ0n) is 19.3. The topological polar surface area (TPSA) is 105 Å². The number of nitrogens with one attached hydrogen (secondary N) is 2. The van der Waals surface area contributed by atoms with E-state index in [0.717, 1.165) is 22.3 Å². The number of fused-ring (bicyclic) bond motifs is 3. The molecular formula is C25H27F3N2O5. The minimum absolute atomic E-state index is 0.170. The lowest BCUT2D eigenvalue weighted by Crippen LogP contribution is -2.49. The van der Waals surface area contributed by atoms with E-state index in [1.807, 2.05) is 48.5 Å². The normalized spacial score (nSPS) is 15.3. The van der Waals surface area contributed by atoms with Gasteiger partial charge in [0.25, 0.3) is 0 Å². The van der Waals surface area contributed by atoms with Gasteiger partial charge in [0.1, 0.15) is 12.6 Å². The summed E-state index contributed by atoms with van der Waals surface area (Å²) < 4.78 is 45.7. The van der Waals surface area contributed by atoms with Crippen molar-refractivity contribution < 1.29 is 37.4 Å². The van der Waals surface area contributed by atoms with Crippen LogP contribution in [-0.2, 0) is 14.3 Å². The lowest BCUT2D eigenvalue weighted by atomic mass is 9.87. The number of aliphatic carboxylic acids is 1. The van der Waals surface area contributed by atoms with Crippen LogP contribution in [0.15, 0.2) is 48.5 Å². The van der Waals surface area contributed by atoms with Crippen molar-refractivity contribution in [2.24, 2.45) is 5.41 Å². The number of carboxylic acid groups (broad SMARTS) is 1. The van der Waals surface area contributed by atoms with Gasteiger partial charge >= 0.3 is 18.2 Å². The minimum atomic E-state index is -4.91. The molecular weight excluding hydrogens is 465 g/mol. The molecule has 3 rings (SSSR count). The van der Waals surface area contributed by atoms with Crippen molar-refractivity contribution in [2.45, 2.75) is 44.8 Å². The fourth-order valence-corrected chi connectivity index (χ4v) is 3.93. The van der Waals surface area contributed by atoms with Gasteiger partial charge in [0.05, 0.1) is 11.8 Å². The van der Waals surface area contributed by atoms with Crippen LogP contribution in [0.1, 0.15) is 43.7 Å². The van der Waals surface area contributed by atoms with Crippen LogP contribution >= 0.6 is 0 Å². The van der Waals surface area contributed by atoms with E-state index in [-0.39, 0.29) is 25.5 Å². The largest absolute Gasteiger partial charge is 0.481 e. The number of ether oxygens (including phenoxy) is 1. The van der Waals surface area contributed by atoms with Crippen LogP contribution in [0.25, 0.3) is 11.1 Å². The summed E-state index contributed by atoms with van der Waals surface area (Å²) in [5.74, 6) is -2.54. The van der Waals surface area contributed by atoms with Crippen molar-refractivity contribution >= 4 is 18.0 Å². The number of carbonyl (C=O) groups is 3. The summed E-state index contributed by atoms with van der Waals surface area (Å²) in [7, 11) is 0. The zero-order chi connectivity index (χ0) is 25.8. The molecule has 2 unspecified atom stereocenters. The third kappa shape index (κ3) is 5.93. The second-order valence-electron chi connectivity index (χ2n) is 8.76. The molecule has 0 heterocycles. The van der Waals surface area contributed by atoms with Crippen LogP contribution < -0.4 is 10.6 Å². The SMILES string of the molecule is CCC(C)(CNC(=O)CC(NC(=O)OCC1c2ccccc2-c2ccccc21)C(F)(F)F)C(=O)O. The number of carbonyl (C=O) groups excluding carboxylic acids is 2. The molecule has 2 aromatic rings. The monoisotopic (exact) mass is 492 g/mol. The molecule has 35 heavy (non-hydrogen) atoms. The van der Waals surface area contributed by atoms with Gasteiger partial charge in [-0.3, -0.25) is 9.59 Å². The molecule has 3 N–H and O–H groups in total. The van der Waals surface area contributed by atoms with Crippen LogP contribution in [0.5, 0.6) is 0 Å². The van der Waals surface area contributed by atoms with Crippen LogP contribution in [-0.4, -0.2) is 48.4 Å². The highest BCUT2D eigenvalue weighted by Gasteiger charge is 2.43. The van der Waals surface area contributed by atoms with E-state index in [1.54, 1.807) is 12.2 Å². The van der Waals surface area contributed by atoms with Crippen LogP contribution in [0.2, 0.25) is 0 Å².